The molecule has 2 heterocycles. The molecule has 3 atom stereocenters. The number of benzene rings is 1. The topological polar surface area (TPSA) is 69.7 Å². The molecular weight excluding hydrogens is 333 g/mol. The number of nitrogens with one attached hydrogen (secondary N) is 1. The number of nitrogens with zero attached hydrogens (tertiary/aromatic N) is 2. The van der Waals surface area contributed by atoms with E-state index >= 15 is 0 Å². The number of carbonyl (C=O) groups is 1. The summed E-state index contributed by atoms with van der Waals surface area (Å²) in [6, 6.07) is 5.20. The van der Waals surface area contributed by atoms with Crippen LogP contribution in [0, 0.1) is 5.82 Å². The fourth-order valence-corrected chi connectivity index (χ4v) is 5.20. The summed E-state index contributed by atoms with van der Waals surface area (Å²) in [6.07, 6.45) is 2.86. The standard InChI is InChI=1S/C16H22FN3O3S/c1-19(2)24(22,23)20-14-7-8-15(20)10-13(9-14)18-16(21)11-3-5-12(17)6-4-11/h3-6,13-15H,7-10H2,1-2H3,(H,18,21)/t13?,14-,15+. The lowest BCUT2D eigenvalue weighted by Gasteiger charge is -2.39. The van der Waals surface area contributed by atoms with Crippen molar-refractivity contribution in [1.29, 1.82) is 0 Å². The minimum absolute atomic E-state index is 0.0614. The molecule has 24 heavy (non-hydrogen) atoms. The Kier molecular flexibility index (Phi) is 4.63. The Balaban J connectivity index is 1.68. The number of rotatable bonds is 4. The third-order valence-electron chi connectivity index (χ3n) is 4.84. The second kappa shape index (κ2) is 6.42. The van der Waals surface area contributed by atoms with E-state index in [0.29, 0.717) is 18.4 Å². The van der Waals surface area contributed by atoms with Crippen molar-refractivity contribution in [3.63, 3.8) is 0 Å². The van der Waals surface area contributed by atoms with Gasteiger partial charge in [-0.1, -0.05) is 0 Å². The summed E-state index contributed by atoms with van der Waals surface area (Å²) in [6.45, 7) is 0. The van der Waals surface area contributed by atoms with Gasteiger partial charge in [0.05, 0.1) is 0 Å². The van der Waals surface area contributed by atoms with Crippen LogP contribution in [0.2, 0.25) is 0 Å². The Morgan fingerprint density at radius 1 is 1.17 bits per heavy atom. The van der Waals surface area contributed by atoms with Crippen molar-refractivity contribution in [2.24, 2.45) is 0 Å². The number of fused-ring (bicyclic) bond motifs is 2. The molecule has 0 radical (unpaired) electrons. The van der Waals surface area contributed by atoms with Gasteiger partial charge in [-0.05, 0) is 49.9 Å². The highest BCUT2D eigenvalue weighted by Crippen LogP contribution is 2.38. The zero-order valence-electron chi connectivity index (χ0n) is 13.8. The van der Waals surface area contributed by atoms with Crippen molar-refractivity contribution in [3.05, 3.63) is 35.6 Å². The van der Waals surface area contributed by atoms with E-state index < -0.39 is 10.2 Å². The van der Waals surface area contributed by atoms with E-state index in [1.54, 1.807) is 4.31 Å². The van der Waals surface area contributed by atoms with Gasteiger partial charge in [0.15, 0.2) is 0 Å². The van der Waals surface area contributed by atoms with Crippen LogP contribution in [-0.4, -0.2) is 55.2 Å². The number of halogens is 1. The largest absolute Gasteiger partial charge is 0.349 e. The van der Waals surface area contributed by atoms with Crippen molar-refractivity contribution in [2.45, 2.75) is 43.8 Å². The Bertz CT molecular complexity index is 707. The molecule has 1 aromatic carbocycles. The van der Waals surface area contributed by atoms with Gasteiger partial charge in [-0.15, -0.1) is 0 Å². The molecule has 0 aromatic heterocycles. The summed E-state index contributed by atoms with van der Waals surface area (Å²) in [5, 5.41) is 2.96. The van der Waals surface area contributed by atoms with E-state index in [1.807, 2.05) is 0 Å². The van der Waals surface area contributed by atoms with E-state index in [4.69, 9.17) is 0 Å². The number of hydrogen-bond acceptors (Lipinski definition) is 3. The summed E-state index contributed by atoms with van der Waals surface area (Å²) < 4.78 is 40.7. The van der Waals surface area contributed by atoms with Gasteiger partial charge in [0.1, 0.15) is 5.82 Å². The average molecular weight is 355 g/mol. The molecule has 2 aliphatic heterocycles. The molecule has 1 amide bonds. The predicted molar refractivity (Wildman–Crippen MR) is 88.1 cm³/mol. The Labute approximate surface area is 141 Å². The van der Waals surface area contributed by atoms with Gasteiger partial charge < -0.3 is 5.32 Å². The highest BCUT2D eigenvalue weighted by Gasteiger charge is 2.47. The van der Waals surface area contributed by atoms with Crippen molar-refractivity contribution in [1.82, 2.24) is 13.9 Å². The molecule has 2 saturated heterocycles. The van der Waals surface area contributed by atoms with E-state index in [1.165, 1.54) is 42.7 Å². The number of amides is 1. The van der Waals surface area contributed by atoms with Crippen LogP contribution in [0.1, 0.15) is 36.0 Å². The highest BCUT2D eigenvalue weighted by atomic mass is 32.2. The fourth-order valence-electron chi connectivity index (χ4n) is 3.69. The second-order valence-electron chi connectivity index (χ2n) is 6.65. The van der Waals surface area contributed by atoms with E-state index in [0.717, 1.165) is 12.8 Å². The summed E-state index contributed by atoms with van der Waals surface area (Å²) in [5.41, 5.74) is 0.409. The van der Waals surface area contributed by atoms with Crippen molar-refractivity contribution >= 4 is 16.1 Å². The molecule has 6 nitrogen and oxygen atoms in total. The Morgan fingerprint density at radius 3 is 2.21 bits per heavy atom. The van der Waals surface area contributed by atoms with E-state index in [-0.39, 0.29) is 29.8 Å². The Morgan fingerprint density at radius 2 is 1.71 bits per heavy atom. The minimum Gasteiger partial charge on any atom is -0.349 e. The monoisotopic (exact) mass is 355 g/mol. The number of carbonyl (C=O) groups excluding carboxylic acids is 1. The zero-order valence-corrected chi connectivity index (χ0v) is 14.6. The first-order valence-electron chi connectivity index (χ1n) is 8.06. The smallest absolute Gasteiger partial charge is 0.281 e. The summed E-state index contributed by atoms with van der Waals surface area (Å²) in [5.74, 6) is -0.630. The second-order valence-corrected chi connectivity index (χ2v) is 8.70. The SMILES string of the molecule is CN(C)S(=O)(=O)N1[C@@H]2CC[C@H]1CC(NC(=O)c1ccc(F)cc1)C2. The van der Waals surface area contributed by atoms with Crippen LogP contribution in [0.3, 0.4) is 0 Å². The van der Waals surface area contributed by atoms with Gasteiger partial charge in [-0.2, -0.15) is 17.0 Å². The molecule has 2 fully saturated rings. The maximum absolute atomic E-state index is 12.9. The Hall–Kier alpha value is -1.51. The van der Waals surface area contributed by atoms with Crippen molar-refractivity contribution < 1.29 is 17.6 Å². The first-order valence-corrected chi connectivity index (χ1v) is 9.46. The molecule has 8 heteroatoms. The maximum atomic E-state index is 12.9. The van der Waals surface area contributed by atoms with Crippen LogP contribution in [0.4, 0.5) is 4.39 Å². The van der Waals surface area contributed by atoms with Crippen molar-refractivity contribution in [3.8, 4) is 0 Å². The molecule has 132 valence electrons. The van der Waals surface area contributed by atoms with Crippen LogP contribution in [0.25, 0.3) is 0 Å². The first-order chi connectivity index (χ1) is 11.3. The molecule has 2 aliphatic rings. The molecular formula is C16H22FN3O3S. The van der Waals surface area contributed by atoms with Gasteiger partial charge in [0, 0.05) is 37.8 Å². The van der Waals surface area contributed by atoms with Crippen LogP contribution >= 0.6 is 0 Å². The summed E-state index contributed by atoms with van der Waals surface area (Å²) >= 11 is 0. The van der Waals surface area contributed by atoms with E-state index in [2.05, 4.69) is 5.32 Å². The van der Waals surface area contributed by atoms with Crippen LogP contribution < -0.4 is 5.32 Å². The summed E-state index contributed by atoms with van der Waals surface area (Å²) in [7, 11) is -0.355. The number of piperidine rings is 1. The van der Waals surface area contributed by atoms with E-state index in [9.17, 15) is 17.6 Å². The molecule has 1 unspecified atom stereocenters. The van der Waals surface area contributed by atoms with Gasteiger partial charge >= 0.3 is 0 Å². The minimum atomic E-state index is -3.43. The van der Waals surface area contributed by atoms with Crippen LogP contribution in [-0.2, 0) is 10.2 Å². The average Bonchev–Trinajstić information content (AvgIpc) is 2.80. The molecule has 1 aromatic rings. The molecule has 3 rings (SSSR count). The first kappa shape index (κ1) is 17.3. The predicted octanol–water partition coefficient (Wildman–Crippen LogP) is 1.36. The van der Waals surface area contributed by atoms with Crippen LogP contribution in [0.5, 0.6) is 0 Å². The third kappa shape index (κ3) is 3.18. The lowest BCUT2D eigenvalue weighted by atomic mass is 9.99. The lowest BCUT2D eigenvalue weighted by Crippen LogP contribution is -2.54. The molecule has 0 aliphatic carbocycles. The molecule has 0 spiro atoms. The third-order valence-corrected chi connectivity index (χ3v) is 6.89. The zero-order chi connectivity index (χ0) is 17.5. The quantitative estimate of drug-likeness (QED) is 0.887. The van der Waals surface area contributed by atoms with Gasteiger partial charge in [-0.25, -0.2) is 4.39 Å². The molecule has 0 saturated carbocycles. The van der Waals surface area contributed by atoms with Crippen molar-refractivity contribution in [2.75, 3.05) is 14.1 Å². The summed E-state index contributed by atoms with van der Waals surface area (Å²) in [4.78, 5) is 12.3. The normalized spacial score (nSPS) is 27.4. The highest BCUT2D eigenvalue weighted by molar-refractivity contribution is 7.86. The molecule has 2 bridgehead atoms. The van der Waals surface area contributed by atoms with Gasteiger partial charge in [-0.3, -0.25) is 4.79 Å². The number of hydrogen-bond donors (Lipinski definition) is 1. The molecule has 1 N–H and O–H groups in total. The lowest BCUT2D eigenvalue weighted by molar-refractivity contribution is 0.0908. The maximum Gasteiger partial charge on any atom is 0.281 e. The van der Waals surface area contributed by atoms with Gasteiger partial charge in [0.2, 0.25) is 0 Å². The van der Waals surface area contributed by atoms with Gasteiger partial charge in [0.25, 0.3) is 16.1 Å². The van der Waals surface area contributed by atoms with Crippen LogP contribution in [0.15, 0.2) is 24.3 Å². The fraction of sp³-hybridized carbons (Fsp3) is 0.562.